The monoisotopic (exact) mass is 472 g/mol. The molecule has 6 nitrogen and oxygen atoms in total. The summed E-state index contributed by atoms with van der Waals surface area (Å²) in [4.78, 5) is 19.5. The van der Waals surface area contributed by atoms with Gasteiger partial charge >= 0.3 is 0 Å². The van der Waals surface area contributed by atoms with Gasteiger partial charge in [0.25, 0.3) is 5.91 Å². The van der Waals surface area contributed by atoms with Crippen molar-refractivity contribution in [2.45, 2.75) is 32.4 Å². The van der Waals surface area contributed by atoms with Crippen LogP contribution in [-0.2, 0) is 6.54 Å². The van der Waals surface area contributed by atoms with Gasteiger partial charge in [0.15, 0.2) is 0 Å². The molecule has 1 atom stereocenters. The van der Waals surface area contributed by atoms with E-state index in [1.165, 1.54) is 0 Å². The Kier molecular flexibility index (Phi) is 6.32. The molecule has 0 bridgehead atoms. The Morgan fingerprint density at radius 2 is 1.76 bits per heavy atom. The van der Waals surface area contributed by atoms with Gasteiger partial charge in [0.2, 0.25) is 0 Å². The van der Waals surface area contributed by atoms with Crippen molar-refractivity contribution < 1.29 is 9.53 Å². The summed E-state index contributed by atoms with van der Waals surface area (Å²) in [5, 5.41) is 8.18. The van der Waals surface area contributed by atoms with Crippen molar-refractivity contribution in [2.75, 3.05) is 6.61 Å². The molecule has 1 aliphatic rings. The lowest BCUT2D eigenvalue weighted by Gasteiger charge is -2.26. The summed E-state index contributed by atoms with van der Waals surface area (Å²) in [5.74, 6) is 0.750. The quantitative estimate of drug-likeness (QED) is 0.317. The number of aromatic nitrogens is 3. The standard InChI is InChI=1S/C27H25ClN4O2/c1-2-3-16-34-22-10-6-20(7-11-22)26-23-24(19-4-8-21(28)9-5-19)30-31-25(23)27(33)32(26)17-18-12-14-29-15-13-18/h4-15,26H,2-3,16-17H2,1H3,(H,30,31). The molecule has 0 radical (unpaired) electrons. The molecule has 7 heteroatoms. The minimum Gasteiger partial charge on any atom is -0.494 e. The number of rotatable bonds is 8. The summed E-state index contributed by atoms with van der Waals surface area (Å²) < 4.78 is 5.85. The number of amides is 1. The van der Waals surface area contributed by atoms with E-state index in [0.717, 1.165) is 46.5 Å². The van der Waals surface area contributed by atoms with Gasteiger partial charge in [-0.2, -0.15) is 5.10 Å². The highest BCUT2D eigenvalue weighted by atomic mass is 35.5. The van der Waals surface area contributed by atoms with E-state index < -0.39 is 0 Å². The van der Waals surface area contributed by atoms with Gasteiger partial charge in [-0.3, -0.25) is 14.9 Å². The average Bonchev–Trinajstić information content (AvgIpc) is 3.40. The van der Waals surface area contributed by atoms with Gasteiger partial charge in [-0.15, -0.1) is 0 Å². The molecular formula is C27H25ClN4O2. The summed E-state index contributed by atoms with van der Waals surface area (Å²) in [5.41, 5.74) is 5.07. The summed E-state index contributed by atoms with van der Waals surface area (Å²) >= 11 is 6.10. The van der Waals surface area contributed by atoms with Crippen molar-refractivity contribution >= 4 is 17.5 Å². The van der Waals surface area contributed by atoms with Crippen LogP contribution < -0.4 is 4.74 Å². The van der Waals surface area contributed by atoms with Crippen LogP contribution in [-0.4, -0.2) is 32.6 Å². The van der Waals surface area contributed by atoms with E-state index in [-0.39, 0.29) is 11.9 Å². The summed E-state index contributed by atoms with van der Waals surface area (Å²) in [6, 6.07) is 19.1. The van der Waals surface area contributed by atoms with Gasteiger partial charge in [0, 0.05) is 35.1 Å². The molecule has 2 aromatic heterocycles. The van der Waals surface area contributed by atoms with E-state index in [4.69, 9.17) is 16.3 Å². The van der Waals surface area contributed by atoms with E-state index in [1.54, 1.807) is 12.4 Å². The topological polar surface area (TPSA) is 71.1 Å². The molecule has 34 heavy (non-hydrogen) atoms. The van der Waals surface area contributed by atoms with E-state index >= 15 is 0 Å². The number of benzene rings is 2. The van der Waals surface area contributed by atoms with Crippen LogP contribution in [0.15, 0.2) is 73.1 Å². The number of halogens is 1. The molecule has 4 aromatic rings. The van der Waals surface area contributed by atoms with Gasteiger partial charge in [-0.05, 0) is 53.9 Å². The molecule has 3 heterocycles. The third-order valence-corrected chi connectivity index (χ3v) is 6.30. The van der Waals surface area contributed by atoms with Crippen LogP contribution in [0.1, 0.15) is 53.0 Å². The van der Waals surface area contributed by atoms with Gasteiger partial charge in [0.05, 0.1) is 18.3 Å². The molecule has 2 aromatic carbocycles. The number of carbonyl (C=O) groups is 1. The predicted octanol–water partition coefficient (Wildman–Crippen LogP) is 6.05. The molecule has 5 rings (SSSR count). The SMILES string of the molecule is CCCCOc1ccc(C2c3c(-c4ccc(Cl)cc4)n[nH]c3C(=O)N2Cc2ccncc2)cc1. The van der Waals surface area contributed by atoms with Crippen molar-refractivity contribution in [3.8, 4) is 17.0 Å². The molecule has 1 unspecified atom stereocenters. The van der Waals surface area contributed by atoms with Crippen LogP contribution in [0.2, 0.25) is 5.02 Å². The highest BCUT2D eigenvalue weighted by Crippen LogP contribution is 2.43. The Morgan fingerprint density at radius 3 is 2.47 bits per heavy atom. The number of fused-ring (bicyclic) bond motifs is 1. The Bertz CT molecular complexity index is 1270. The summed E-state index contributed by atoms with van der Waals surface area (Å²) in [6.07, 6.45) is 5.59. The van der Waals surface area contributed by atoms with Crippen molar-refractivity contribution in [1.82, 2.24) is 20.1 Å². The summed E-state index contributed by atoms with van der Waals surface area (Å²) in [6.45, 7) is 3.30. The fraction of sp³-hybridized carbons (Fsp3) is 0.222. The normalized spacial score (nSPS) is 14.9. The van der Waals surface area contributed by atoms with Gasteiger partial charge in [0.1, 0.15) is 11.4 Å². The lowest BCUT2D eigenvalue weighted by molar-refractivity contribution is 0.0730. The van der Waals surface area contributed by atoms with E-state index in [0.29, 0.717) is 23.9 Å². The second kappa shape index (κ2) is 9.69. The lowest BCUT2D eigenvalue weighted by Crippen LogP contribution is -2.29. The van der Waals surface area contributed by atoms with E-state index in [1.807, 2.05) is 65.6 Å². The zero-order chi connectivity index (χ0) is 23.5. The maximum Gasteiger partial charge on any atom is 0.273 e. The minimum atomic E-state index is -0.287. The maximum atomic E-state index is 13.5. The molecule has 0 fully saturated rings. The van der Waals surface area contributed by atoms with Crippen LogP contribution in [0.25, 0.3) is 11.3 Å². The third kappa shape index (κ3) is 4.29. The Balaban J connectivity index is 1.55. The molecule has 0 saturated heterocycles. The Labute approximate surface area is 203 Å². The number of nitrogens with zero attached hydrogens (tertiary/aromatic N) is 3. The van der Waals surface area contributed by atoms with Crippen molar-refractivity contribution in [3.63, 3.8) is 0 Å². The minimum absolute atomic E-state index is 0.0761. The lowest BCUT2D eigenvalue weighted by atomic mass is 9.96. The number of carbonyl (C=O) groups excluding carboxylic acids is 1. The Hall–Kier alpha value is -3.64. The largest absolute Gasteiger partial charge is 0.494 e. The van der Waals surface area contributed by atoms with Crippen molar-refractivity contribution in [3.05, 3.63) is 100 Å². The third-order valence-electron chi connectivity index (χ3n) is 6.05. The van der Waals surface area contributed by atoms with E-state index in [9.17, 15) is 4.79 Å². The highest BCUT2D eigenvalue weighted by Gasteiger charge is 2.42. The van der Waals surface area contributed by atoms with Crippen LogP contribution in [0.4, 0.5) is 0 Å². The fourth-order valence-electron chi connectivity index (χ4n) is 4.30. The van der Waals surface area contributed by atoms with Gasteiger partial charge in [-0.1, -0.05) is 49.2 Å². The first kappa shape index (κ1) is 22.2. The second-order valence-electron chi connectivity index (χ2n) is 8.33. The van der Waals surface area contributed by atoms with Crippen LogP contribution in [0.5, 0.6) is 5.75 Å². The number of nitrogens with one attached hydrogen (secondary N) is 1. The molecular weight excluding hydrogens is 448 g/mol. The zero-order valence-electron chi connectivity index (χ0n) is 18.9. The number of pyridine rings is 1. The van der Waals surface area contributed by atoms with Gasteiger partial charge in [-0.25, -0.2) is 0 Å². The number of hydrogen-bond acceptors (Lipinski definition) is 4. The first-order valence-corrected chi connectivity index (χ1v) is 11.8. The van der Waals surface area contributed by atoms with Crippen LogP contribution >= 0.6 is 11.6 Å². The molecule has 0 spiro atoms. The molecule has 172 valence electrons. The Morgan fingerprint density at radius 1 is 1.03 bits per heavy atom. The second-order valence-corrected chi connectivity index (χ2v) is 8.77. The van der Waals surface area contributed by atoms with Crippen LogP contribution in [0.3, 0.4) is 0 Å². The predicted molar refractivity (Wildman–Crippen MR) is 132 cm³/mol. The first-order valence-electron chi connectivity index (χ1n) is 11.4. The molecule has 1 N–H and O–H groups in total. The highest BCUT2D eigenvalue weighted by molar-refractivity contribution is 6.30. The van der Waals surface area contributed by atoms with Gasteiger partial charge < -0.3 is 9.64 Å². The first-order chi connectivity index (χ1) is 16.7. The van der Waals surface area contributed by atoms with Crippen LogP contribution in [0, 0.1) is 0 Å². The zero-order valence-corrected chi connectivity index (χ0v) is 19.6. The average molecular weight is 473 g/mol. The number of unbranched alkanes of at least 4 members (excludes halogenated alkanes) is 1. The maximum absolute atomic E-state index is 13.5. The molecule has 0 saturated carbocycles. The molecule has 0 aliphatic carbocycles. The van der Waals surface area contributed by atoms with Crippen molar-refractivity contribution in [2.24, 2.45) is 0 Å². The number of H-pyrrole nitrogens is 1. The number of ether oxygens (including phenoxy) is 1. The van der Waals surface area contributed by atoms with E-state index in [2.05, 4.69) is 22.1 Å². The number of aromatic amines is 1. The van der Waals surface area contributed by atoms with Crippen molar-refractivity contribution in [1.29, 1.82) is 0 Å². The fourth-order valence-corrected chi connectivity index (χ4v) is 4.43. The number of hydrogen-bond donors (Lipinski definition) is 1. The smallest absolute Gasteiger partial charge is 0.273 e. The summed E-state index contributed by atoms with van der Waals surface area (Å²) in [7, 11) is 0. The molecule has 1 aliphatic heterocycles. The molecule has 1 amide bonds.